The van der Waals surface area contributed by atoms with E-state index in [2.05, 4.69) is 49.1 Å². The van der Waals surface area contributed by atoms with Crippen molar-refractivity contribution in [2.45, 2.75) is 18.9 Å². The minimum absolute atomic E-state index is 0.0134. The summed E-state index contributed by atoms with van der Waals surface area (Å²) in [5, 5.41) is 12.2. The Morgan fingerprint density at radius 1 is 0.889 bits per heavy atom. The van der Waals surface area contributed by atoms with E-state index < -0.39 is 0 Å². The molecule has 3 nitrogen and oxygen atoms in total. The normalized spacial score (nSPS) is 15.6. The molecule has 3 heteroatoms. The molecule has 0 saturated carbocycles. The molecule has 0 saturated heterocycles. The van der Waals surface area contributed by atoms with Crippen LogP contribution in [0.3, 0.4) is 0 Å². The van der Waals surface area contributed by atoms with Gasteiger partial charge in [-0.05, 0) is 64.3 Å². The molecule has 0 aromatic heterocycles. The van der Waals surface area contributed by atoms with Gasteiger partial charge in [0.15, 0.2) is 0 Å². The predicted octanol–water partition coefficient (Wildman–Crippen LogP) is 7.83. The van der Waals surface area contributed by atoms with E-state index in [1.165, 1.54) is 11.1 Å². The molecule has 1 aliphatic rings. The Balaban J connectivity index is 1.35. The number of phenolic OH excluding ortho intramolecular Hbond substituents is 1. The van der Waals surface area contributed by atoms with Crippen LogP contribution in [0, 0.1) is 0 Å². The van der Waals surface area contributed by atoms with Crippen molar-refractivity contribution in [2.24, 2.45) is 0 Å². The van der Waals surface area contributed by atoms with Crippen LogP contribution < -0.4 is 4.74 Å². The predicted molar refractivity (Wildman–Crippen MR) is 148 cm³/mol. The van der Waals surface area contributed by atoms with Crippen LogP contribution in [0.5, 0.6) is 11.5 Å². The summed E-state index contributed by atoms with van der Waals surface area (Å²) >= 11 is 0. The van der Waals surface area contributed by atoms with Crippen LogP contribution in [0.1, 0.15) is 24.0 Å². The highest BCUT2D eigenvalue weighted by atomic mass is 16.5. The molecule has 4 aromatic rings. The first-order chi connectivity index (χ1) is 17.7. The fourth-order valence-electron chi connectivity index (χ4n) is 4.72. The van der Waals surface area contributed by atoms with Crippen LogP contribution in [-0.4, -0.2) is 24.4 Å². The maximum Gasteiger partial charge on any atom is 0.123 e. The first-order valence-electron chi connectivity index (χ1n) is 12.3. The molecule has 0 aliphatic carbocycles. The average Bonchev–Trinajstić information content (AvgIpc) is 3.41. The van der Waals surface area contributed by atoms with Crippen molar-refractivity contribution >= 4 is 22.4 Å². The van der Waals surface area contributed by atoms with Gasteiger partial charge < -0.3 is 14.6 Å². The Hall–Kier alpha value is -4.08. The van der Waals surface area contributed by atoms with Gasteiger partial charge in [0, 0.05) is 5.39 Å². The van der Waals surface area contributed by atoms with Crippen LogP contribution in [-0.2, 0) is 4.74 Å². The number of hydrogen-bond acceptors (Lipinski definition) is 3. The van der Waals surface area contributed by atoms with Gasteiger partial charge in [0.1, 0.15) is 18.1 Å². The number of phenols is 1. The summed E-state index contributed by atoms with van der Waals surface area (Å²) in [4.78, 5) is 0. The zero-order valence-electron chi connectivity index (χ0n) is 20.3. The summed E-state index contributed by atoms with van der Waals surface area (Å²) in [6.45, 7) is 5.32. The van der Waals surface area contributed by atoms with E-state index in [1.807, 2.05) is 60.7 Å². The first-order valence-corrected chi connectivity index (χ1v) is 12.3. The Bertz CT molecular complexity index is 1400. The Labute approximate surface area is 212 Å². The third-order valence-corrected chi connectivity index (χ3v) is 6.60. The molecule has 1 heterocycles. The SMILES string of the molecule is C=C(COc1ccccc1)C1=CCOC1CC/C(=C/c1ccc(O)c2ccccc12)c1ccccc1. The summed E-state index contributed by atoms with van der Waals surface area (Å²) in [6, 6.07) is 32.0. The van der Waals surface area contributed by atoms with Crippen LogP contribution in [0.15, 0.2) is 121 Å². The molecule has 180 valence electrons. The van der Waals surface area contributed by atoms with Gasteiger partial charge in [0.05, 0.1) is 12.7 Å². The smallest absolute Gasteiger partial charge is 0.123 e. The van der Waals surface area contributed by atoms with E-state index in [0.29, 0.717) is 19.0 Å². The molecule has 1 aliphatic heterocycles. The number of rotatable bonds is 9. The Morgan fingerprint density at radius 3 is 2.36 bits per heavy atom. The zero-order valence-corrected chi connectivity index (χ0v) is 20.3. The van der Waals surface area contributed by atoms with Gasteiger partial charge in [-0.3, -0.25) is 0 Å². The first kappa shape index (κ1) is 23.7. The van der Waals surface area contributed by atoms with Gasteiger partial charge >= 0.3 is 0 Å². The number of hydrogen-bond donors (Lipinski definition) is 1. The van der Waals surface area contributed by atoms with Crippen LogP contribution in [0.2, 0.25) is 0 Å². The van der Waals surface area contributed by atoms with Crippen molar-refractivity contribution in [2.75, 3.05) is 13.2 Å². The fourth-order valence-corrected chi connectivity index (χ4v) is 4.72. The monoisotopic (exact) mass is 474 g/mol. The second-order valence-corrected chi connectivity index (χ2v) is 8.98. The number of ether oxygens (including phenoxy) is 2. The van der Waals surface area contributed by atoms with E-state index in [1.54, 1.807) is 6.07 Å². The molecule has 0 amide bonds. The molecule has 0 fully saturated rings. The van der Waals surface area contributed by atoms with Gasteiger partial charge in [0.2, 0.25) is 0 Å². The van der Waals surface area contributed by atoms with Crippen molar-refractivity contribution < 1.29 is 14.6 Å². The molecule has 1 N–H and O–H groups in total. The van der Waals surface area contributed by atoms with E-state index >= 15 is 0 Å². The van der Waals surface area contributed by atoms with E-state index in [9.17, 15) is 5.11 Å². The standard InChI is InChI=1S/C33H30O3/c1-24(23-36-28-12-6-3-7-13-28)29-20-21-35-33(29)19-17-26(25-10-4-2-5-11-25)22-27-16-18-32(34)31-15-9-8-14-30(27)31/h2-16,18,20,22,33-34H,1,17,19,21,23H2/b26-22-. The lowest BCUT2D eigenvalue weighted by molar-refractivity contribution is 0.117. The van der Waals surface area contributed by atoms with Gasteiger partial charge in [0.25, 0.3) is 0 Å². The molecule has 0 bridgehead atoms. The summed E-state index contributed by atoms with van der Waals surface area (Å²) in [6.07, 6.45) is 6.03. The van der Waals surface area contributed by atoms with E-state index in [4.69, 9.17) is 9.47 Å². The molecule has 1 atom stereocenters. The van der Waals surface area contributed by atoms with Gasteiger partial charge in [-0.15, -0.1) is 0 Å². The summed E-state index contributed by atoms with van der Waals surface area (Å²) in [5.74, 6) is 1.14. The van der Waals surface area contributed by atoms with Crippen molar-refractivity contribution in [3.8, 4) is 11.5 Å². The molecule has 0 radical (unpaired) electrons. The fraction of sp³-hybridized carbons (Fsp3) is 0.152. The van der Waals surface area contributed by atoms with Crippen molar-refractivity contribution in [1.82, 2.24) is 0 Å². The molecule has 1 unspecified atom stereocenters. The second-order valence-electron chi connectivity index (χ2n) is 8.98. The number of para-hydroxylation sites is 1. The number of aromatic hydroxyl groups is 1. The Morgan fingerprint density at radius 2 is 1.58 bits per heavy atom. The van der Waals surface area contributed by atoms with E-state index in [-0.39, 0.29) is 6.10 Å². The quantitative estimate of drug-likeness (QED) is 0.251. The summed E-state index contributed by atoms with van der Waals surface area (Å²) < 4.78 is 12.0. The third kappa shape index (κ3) is 5.42. The van der Waals surface area contributed by atoms with Gasteiger partial charge in [-0.25, -0.2) is 0 Å². The molecule has 36 heavy (non-hydrogen) atoms. The number of fused-ring (bicyclic) bond motifs is 1. The molecule has 4 aromatic carbocycles. The van der Waals surface area contributed by atoms with Crippen LogP contribution >= 0.6 is 0 Å². The number of benzene rings is 4. The van der Waals surface area contributed by atoms with Crippen molar-refractivity contribution in [3.05, 3.63) is 132 Å². The van der Waals surface area contributed by atoms with Crippen LogP contribution in [0.4, 0.5) is 0 Å². The van der Waals surface area contributed by atoms with Crippen molar-refractivity contribution in [1.29, 1.82) is 0 Å². The van der Waals surface area contributed by atoms with E-state index in [0.717, 1.165) is 46.1 Å². The lowest BCUT2D eigenvalue weighted by atomic mass is 9.92. The summed E-state index contributed by atoms with van der Waals surface area (Å²) in [5.41, 5.74) is 5.59. The average molecular weight is 475 g/mol. The third-order valence-electron chi connectivity index (χ3n) is 6.60. The van der Waals surface area contributed by atoms with Gasteiger partial charge in [-0.2, -0.15) is 0 Å². The minimum Gasteiger partial charge on any atom is -0.507 e. The zero-order chi connectivity index (χ0) is 24.7. The highest BCUT2D eigenvalue weighted by Gasteiger charge is 2.23. The molecule has 0 spiro atoms. The number of allylic oxidation sites excluding steroid dienone is 1. The van der Waals surface area contributed by atoms with Crippen LogP contribution in [0.25, 0.3) is 22.4 Å². The maximum absolute atomic E-state index is 10.3. The minimum atomic E-state index is -0.0134. The topological polar surface area (TPSA) is 38.7 Å². The largest absolute Gasteiger partial charge is 0.507 e. The lowest BCUT2D eigenvalue weighted by Gasteiger charge is -2.18. The Kier molecular flexibility index (Phi) is 7.30. The van der Waals surface area contributed by atoms with Crippen molar-refractivity contribution in [3.63, 3.8) is 0 Å². The molecule has 5 rings (SSSR count). The maximum atomic E-state index is 10.3. The lowest BCUT2D eigenvalue weighted by Crippen LogP contribution is -2.14. The van der Waals surface area contributed by atoms with Gasteiger partial charge in [-0.1, -0.05) is 97.6 Å². The summed E-state index contributed by atoms with van der Waals surface area (Å²) in [7, 11) is 0. The second kappa shape index (κ2) is 11.1. The molecular weight excluding hydrogens is 444 g/mol. The molecular formula is C33H30O3. The highest BCUT2D eigenvalue weighted by Crippen LogP contribution is 2.33. The highest BCUT2D eigenvalue weighted by molar-refractivity contribution is 5.98.